The molecule has 62 heavy (non-hydrogen) atoms. The highest BCUT2D eigenvalue weighted by molar-refractivity contribution is 7.86. The second-order valence-electron chi connectivity index (χ2n) is 15.7. The van der Waals surface area contributed by atoms with Crippen LogP contribution in [-0.4, -0.2) is 125 Å². The zero-order chi connectivity index (χ0) is 45.9. The van der Waals surface area contributed by atoms with Crippen molar-refractivity contribution in [3.8, 4) is 0 Å². The van der Waals surface area contributed by atoms with E-state index >= 15 is 0 Å². The van der Waals surface area contributed by atoms with Crippen LogP contribution in [0, 0.1) is 0 Å². The average molecular weight is 924 g/mol. The van der Waals surface area contributed by atoms with Crippen molar-refractivity contribution >= 4 is 59.3 Å². The fourth-order valence-corrected chi connectivity index (χ4v) is 9.75. The lowest BCUT2D eigenvalue weighted by Gasteiger charge is -2.30. The average Bonchev–Trinajstić information content (AvgIpc) is 3.54. The summed E-state index contributed by atoms with van der Waals surface area (Å²) in [5.41, 5.74) is 2.60. The number of anilines is 1. The van der Waals surface area contributed by atoms with Crippen LogP contribution in [0.25, 0.3) is 0 Å². The lowest BCUT2D eigenvalue weighted by Crippen LogP contribution is -2.32. The van der Waals surface area contributed by atoms with Crippen LogP contribution >= 0.6 is 0 Å². The van der Waals surface area contributed by atoms with Gasteiger partial charge in [-0.25, -0.2) is 8.42 Å². The first kappa shape index (κ1) is 50.4. The Bertz CT molecular complexity index is 2430. The number of methoxy groups -OCH3 is 2. The van der Waals surface area contributed by atoms with Crippen molar-refractivity contribution in [3.05, 3.63) is 89.2 Å². The molecule has 0 saturated heterocycles. The zero-order valence-corrected chi connectivity index (χ0v) is 37.9. The molecule has 0 saturated carbocycles. The molecule has 0 fully saturated rings. The molecule has 2 heterocycles. The number of hydrogen-bond acceptors (Lipinski definition) is 12. The Hall–Kier alpha value is -4.28. The Morgan fingerprint density at radius 2 is 1.53 bits per heavy atom. The molecule has 342 valence electrons. The summed E-state index contributed by atoms with van der Waals surface area (Å²) < 4.78 is 115. The van der Waals surface area contributed by atoms with Crippen molar-refractivity contribution in [3.63, 3.8) is 0 Å². The fourth-order valence-electron chi connectivity index (χ4n) is 8.24. The second-order valence-corrected chi connectivity index (χ2v) is 20.3. The minimum absolute atomic E-state index is 0.0194. The van der Waals surface area contributed by atoms with Gasteiger partial charge in [-0.15, -0.1) is 0 Å². The van der Waals surface area contributed by atoms with Gasteiger partial charge >= 0.3 is 5.97 Å². The van der Waals surface area contributed by atoms with Crippen LogP contribution in [0.2, 0.25) is 0 Å². The number of carbonyl (C=O) groups is 2. The number of carboxylic acids is 1. The molecule has 2 atom stereocenters. The lowest BCUT2D eigenvalue weighted by atomic mass is 9.75. The summed E-state index contributed by atoms with van der Waals surface area (Å²) in [6, 6.07) is 9.50. The Kier molecular flexibility index (Phi) is 17.4. The van der Waals surface area contributed by atoms with Crippen LogP contribution in [-0.2, 0) is 55.5 Å². The van der Waals surface area contributed by atoms with Crippen LogP contribution in [0.5, 0.6) is 0 Å². The molecule has 0 radical (unpaired) electrons. The van der Waals surface area contributed by atoms with Gasteiger partial charge in [-0.1, -0.05) is 18.2 Å². The standard InChI is InChI=1S/C42H57N3O14S3/c1-41(20-11-27-60(49,50)51)33-29-31(40(48)43-22-25-58-3)16-18-35(33)44(23-10-6-9-15-39(46)47)37(41)13-7-5-8-14-38-42(2,21-12-28-61(52,53)54)34-30-32(62(55,56)57)17-19-36(34)45(38)24-26-59-4/h5,7-8,13-14,16-19,29-30H,6,9-12,15,20-28H2,1-4H3,(H4-,43,46,47,48,49,50,51,52,53,54,55,56,57). The maximum atomic E-state index is 13.2. The van der Waals surface area contributed by atoms with Gasteiger partial charge in [-0.05, 0) is 94.3 Å². The second kappa shape index (κ2) is 21.4. The Morgan fingerprint density at radius 1 is 0.839 bits per heavy atom. The van der Waals surface area contributed by atoms with E-state index in [1.807, 2.05) is 37.0 Å². The number of carboxylic acid groups (broad SMARTS) is 1. The molecule has 0 aromatic heterocycles. The molecule has 4 rings (SSSR count). The highest BCUT2D eigenvalue weighted by Gasteiger charge is 2.48. The van der Waals surface area contributed by atoms with Crippen LogP contribution in [0.3, 0.4) is 0 Å². The Balaban J connectivity index is 1.81. The molecule has 2 aliphatic heterocycles. The number of nitrogens with zero attached hydrogens (tertiary/aromatic N) is 2. The smallest absolute Gasteiger partial charge is 0.303 e. The van der Waals surface area contributed by atoms with Gasteiger partial charge in [0.05, 0.1) is 39.4 Å². The van der Waals surface area contributed by atoms with Crippen molar-refractivity contribution in [2.75, 3.05) is 63.5 Å². The highest BCUT2D eigenvalue weighted by Crippen LogP contribution is 2.51. The number of ether oxygens (including phenoxy) is 2. The number of unbranched alkanes of at least 4 members (excludes halogenated alkanes) is 2. The van der Waals surface area contributed by atoms with E-state index in [1.165, 1.54) is 26.4 Å². The molecular formula is C42H57N3O14S3. The molecule has 0 bridgehead atoms. The SMILES string of the molecule is COCCNC(=O)c1ccc2c(c1)C(C)(CCCS(=O)(=O)[O-])C(/C=C/C=C/C=C1/N(CCOC)c3ccc(S(=O)(=O)O)cc3C1(C)CCCS(=O)(=O)O)=[N+]2CCCCCC(=O)O. The third kappa shape index (κ3) is 13.1. The number of amides is 1. The normalized spacial score (nSPS) is 19.9. The largest absolute Gasteiger partial charge is 0.748 e. The Morgan fingerprint density at radius 3 is 2.18 bits per heavy atom. The van der Waals surface area contributed by atoms with Crippen molar-refractivity contribution in [1.29, 1.82) is 0 Å². The van der Waals surface area contributed by atoms with Gasteiger partial charge in [-0.3, -0.25) is 18.7 Å². The molecule has 2 aromatic rings. The highest BCUT2D eigenvalue weighted by atomic mass is 32.2. The van der Waals surface area contributed by atoms with Gasteiger partial charge in [-0.2, -0.15) is 21.4 Å². The first-order valence-corrected chi connectivity index (χ1v) is 24.8. The number of fused-ring (bicyclic) bond motifs is 2. The van der Waals surface area contributed by atoms with E-state index in [1.54, 1.807) is 36.4 Å². The first-order chi connectivity index (χ1) is 29.1. The van der Waals surface area contributed by atoms with Crippen molar-refractivity contribution in [1.82, 2.24) is 5.32 Å². The van der Waals surface area contributed by atoms with Crippen molar-refractivity contribution in [2.24, 2.45) is 0 Å². The monoisotopic (exact) mass is 923 g/mol. The van der Waals surface area contributed by atoms with E-state index in [2.05, 4.69) is 9.89 Å². The van der Waals surface area contributed by atoms with E-state index < -0.39 is 58.7 Å². The van der Waals surface area contributed by atoms with Gasteiger partial charge in [0.2, 0.25) is 5.69 Å². The molecule has 2 unspecified atom stereocenters. The third-order valence-corrected chi connectivity index (χ3v) is 13.7. The summed E-state index contributed by atoms with van der Waals surface area (Å²) in [4.78, 5) is 26.0. The molecule has 17 nitrogen and oxygen atoms in total. The molecule has 0 aliphatic carbocycles. The van der Waals surface area contributed by atoms with E-state index in [9.17, 15) is 53.6 Å². The summed E-state index contributed by atoms with van der Waals surface area (Å²) in [6.45, 7) is 5.41. The predicted molar refractivity (Wildman–Crippen MR) is 233 cm³/mol. The maximum Gasteiger partial charge on any atom is 0.303 e. The quantitative estimate of drug-likeness (QED) is 0.0455. The summed E-state index contributed by atoms with van der Waals surface area (Å²) >= 11 is 0. The van der Waals surface area contributed by atoms with Crippen LogP contribution in [0.1, 0.15) is 86.7 Å². The molecule has 4 N–H and O–H groups in total. The van der Waals surface area contributed by atoms with Crippen LogP contribution < -0.4 is 10.2 Å². The van der Waals surface area contributed by atoms with Crippen molar-refractivity contribution < 1.29 is 67.7 Å². The summed E-state index contributed by atoms with van der Waals surface area (Å²) in [5, 5.41) is 12.0. The number of carbonyl (C=O) groups excluding carboxylic acids is 1. The number of hydrogen-bond donors (Lipinski definition) is 4. The number of rotatable bonds is 25. The van der Waals surface area contributed by atoms with Gasteiger partial charge in [0.1, 0.15) is 6.54 Å². The number of allylic oxidation sites excluding steroid dienone is 6. The maximum absolute atomic E-state index is 13.2. The van der Waals surface area contributed by atoms with E-state index in [-0.39, 0.29) is 56.1 Å². The molecule has 2 aromatic carbocycles. The molecule has 20 heteroatoms. The zero-order valence-electron chi connectivity index (χ0n) is 35.4. The van der Waals surface area contributed by atoms with Gasteiger partial charge in [0.15, 0.2) is 5.71 Å². The van der Waals surface area contributed by atoms with Gasteiger partial charge in [0, 0.05) is 86.0 Å². The number of nitrogens with one attached hydrogen (secondary N) is 1. The lowest BCUT2D eigenvalue weighted by molar-refractivity contribution is -0.438. The van der Waals surface area contributed by atoms with Crippen LogP contribution in [0.15, 0.2) is 77.4 Å². The van der Waals surface area contributed by atoms with Gasteiger partial charge in [0.25, 0.3) is 26.1 Å². The van der Waals surface area contributed by atoms with E-state index in [4.69, 9.17) is 9.47 Å². The summed E-state index contributed by atoms with van der Waals surface area (Å²) in [7, 11) is -10.4. The summed E-state index contributed by atoms with van der Waals surface area (Å²) in [5.74, 6) is -2.35. The minimum atomic E-state index is -4.60. The molecule has 1 amide bonds. The molecular weight excluding hydrogens is 867 g/mol. The Labute approximate surface area is 364 Å². The van der Waals surface area contributed by atoms with E-state index in [0.717, 1.165) is 17.0 Å². The number of benzene rings is 2. The van der Waals surface area contributed by atoms with Gasteiger partial charge < -0.3 is 29.3 Å². The first-order valence-electron chi connectivity index (χ1n) is 20.2. The molecule has 0 spiro atoms. The minimum Gasteiger partial charge on any atom is -0.748 e. The van der Waals surface area contributed by atoms with Crippen LogP contribution in [0.4, 0.5) is 11.4 Å². The topological polar surface area (TPSA) is 257 Å². The third-order valence-electron chi connectivity index (χ3n) is 11.3. The number of aliphatic carboxylic acids is 1. The van der Waals surface area contributed by atoms with Crippen molar-refractivity contribution in [2.45, 2.75) is 80.9 Å². The predicted octanol–water partition coefficient (Wildman–Crippen LogP) is 4.72. The van der Waals surface area contributed by atoms with E-state index in [0.29, 0.717) is 61.5 Å². The fraction of sp³-hybridized carbons (Fsp3) is 0.500. The molecule has 2 aliphatic rings. The summed E-state index contributed by atoms with van der Waals surface area (Å²) in [6.07, 6.45) is 11.2.